The van der Waals surface area contributed by atoms with Crippen molar-refractivity contribution in [2.45, 2.75) is 58.4 Å². The standard InChI is InChI=1S/C21H28N4O/c1-16-13-23-19(17-7-6-11-22-14-17)25(16)18-8-12-24(15-18)20(26)21(2)9-4-3-5-10-21/h6-7,11,13-14,18H,3-5,8-10,12,15H2,1-2H3. The van der Waals surface area contributed by atoms with Crippen LogP contribution in [0.1, 0.15) is 57.2 Å². The van der Waals surface area contributed by atoms with Crippen molar-refractivity contribution in [1.29, 1.82) is 0 Å². The number of hydrogen-bond acceptors (Lipinski definition) is 3. The molecule has 5 heteroatoms. The maximum atomic E-state index is 13.2. The minimum absolute atomic E-state index is 0.150. The average Bonchev–Trinajstić information content (AvgIpc) is 3.29. The third kappa shape index (κ3) is 3.04. The van der Waals surface area contributed by atoms with Gasteiger partial charge in [0.2, 0.25) is 5.91 Å². The number of aryl methyl sites for hydroxylation is 1. The molecule has 1 amide bonds. The second kappa shape index (κ2) is 6.86. The van der Waals surface area contributed by atoms with Gasteiger partial charge in [-0.05, 0) is 38.3 Å². The number of rotatable bonds is 3. The number of pyridine rings is 1. The van der Waals surface area contributed by atoms with Gasteiger partial charge in [0, 0.05) is 48.4 Å². The molecule has 1 saturated heterocycles. The van der Waals surface area contributed by atoms with Gasteiger partial charge in [0.25, 0.3) is 0 Å². The van der Waals surface area contributed by atoms with E-state index in [-0.39, 0.29) is 5.41 Å². The quantitative estimate of drug-likeness (QED) is 0.839. The van der Waals surface area contributed by atoms with Gasteiger partial charge in [-0.3, -0.25) is 9.78 Å². The van der Waals surface area contributed by atoms with E-state index in [2.05, 4.69) is 33.3 Å². The Morgan fingerprint density at radius 1 is 1.23 bits per heavy atom. The predicted molar refractivity (Wildman–Crippen MR) is 102 cm³/mol. The summed E-state index contributed by atoms with van der Waals surface area (Å²) in [7, 11) is 0. The van der Waals surface area contributed by atoms with Crippen molar-refractivity contribution in [3.63, 3.8) is 0 Å². The zero-order chi connectivity index (χ0) is 18.1. The van der Waals surface area contributed by atoms with Gasteiger partial charge >= 0.3 is 0 Å². The van der Waals surface area contributed by atoms with Crippen LogP contribution in [-0.4, -0.2) is 38.4 Å². The van der Waals surface area contributed by atoms with Crippen molar-refractivity contribution in [3.05, 3.63) is 36.4 Å². The highest BCUT2D eigenvalue weighted by Crippen LogP contribution is 2.39. The lowest BCUT2D eigenvalue weighted by Crippen LogP contribution is -2.42. The Hall–Kier alpha value is -2.17. The molecule has 0 radical (unpaired) electrons. The van der Waals surface area contributed by atoms with Crippen LogP contribution in [0, 0.1) is 12.3 Å². The molecule has 1 aliphatic carbocycles. The topological polar surface area (TPSA) is 51.0 Å². The summed E-state index contributed by atoms with van der Waals surface area (Å²) in [6, 6.07) is 4.29. The first-order chi connectivity index (χ1) is 12.6. The Kier molecular flexibility index (Phi) is 4.55. The molecule has 3 heterocycles. The number of carbonyl (C=O) groups excluding carboxylic acids is 1. The minimum Gasteiger partial charge on any atom is -0.340 e. The zero-order valence-electron chi connectivity index (χ0n) is 15.8. The molecule has 5 nitrogen and oxygen atoms in total. The van der Waals surface area contributed by atoms with Crippen molar-refractivity contribution >= 4 is 5.91 Å². The van der Waals surface area contributed by atoms with E-state index in [0.29, 0.717) is 11.9 Å². The highest BCUT2D eigenvalue weighted by atomic mass is 16.2. The summed E-state index contributed by atoms with van der Waals surface area (Å²) >= 11 is 0. The highest BCUT2D eigenvalue weighted by molar-refractivity contribution is 5.82. The van der Waals surface area contributed by atoms with Crippen LogP contribution >= 0.6 is 0 Å². The number of aromatic nitrogens is 3. The van der Waals surface area contributed by atoms with Crippen LogP contribution in [0.2, 0.25) is 0 Å². The summed E-state index contributed by atoms with van der Waals surface area (Å²) in [4.78, 5) is 24.1. The normalized spacial score (nSPS) is 22.5. The predicted octanol–water partition coefficient (Wildman–Crippen LogP) is 4.00. The fourth-order valence-corrected chi connectivity index (χ4v) is 4.68. The van der Waals surface area contributed by atoms with E-state index >= 15 is 0 Å². The first-order valence-electron chi connectivity index (χ1n) is 9.82. The molecule has 1 aliphatic heterocycles. The van der Waals surface area contributed by atoms with E-state index in [0.717, 1.165) is 49.4 Å². The summed E-state index contributed by atoms with van der Waals surface area (Å²) in [5.74, 6) is 1.32. The fourth-order valence-electron chi connectivity index (χ4n) is 4.68. The van der Waals surface area contributed by atoms with E-state index in [1.807, 2.05) is 24.5 Å². The summed E-state index contributed by atoms with van der Waals surface area (Å²) in [6.45, 7) is 5.91. The summed E-state index contributed by atoms with van der Waals surface area (Å²) in [5, 5.41) is 0. The Morgan fingerprint density at radius 3 is 2.77 bits per heavy atom. The zero-order valence-corrected chi connectivity index (χ0v) is 15.8. The maximum Gasteiger partial charge on any atom is 0.228 e. The van der Waals surface area contributed by atoms with E-state index in [4.69, 9.17) is 0 Å². The van der Waals surface area contributed by atoms with Crippen LogP contribution in [0.4, 0.5) is 0 Å². The summed E-state index contributed by atoms with van der Waals surface area (Å²) in [5.41, 5.74) is 2.03. The molecule has 1 atom stereocenters. The lowest BCUT2D eigenvalue weighted by atomic mass is 9.75. The molecule has 2 aromatic heterocycles. The molecule has 0 aromatic carbocycles. The first-order valence-corrected chi connectivity index (χ1v) is 9.82. The minimum atomic E-state index is -0.150. The average molecular weight is 352 g/mol. The number of carbonyl (C=O) groups is 1. The van der Waals surface area contributed by atoms with Gasteiger partial charge in [0.1, 0.15) is 5.82 Å². The van der Waals surface area contributed by atoms with Gasteiger partial charge in [-0.1, -0.05) is 26.2 Å². The molecule has 4 rings (SSSR count). The molecule has 0 spiro atoms. The van der Waals surface area contributed by atoms with Gasteiger partial charge in [0.05, 0.1) is 6.04 Å². The highest BCUT2D eigenvalue weighted by Gasteiger charge is 2.40. The number of imidazole rings is 1. The number of hydrogen-bond donors (Lipinski definition) is 0. The van der Waals surface area contributed by atoms with Crippen molar-refractivity contribution < 1.29 is 4.79 Å². The van der Waals surface area contributed by atoms with Crippen LogP contribution in [0.3, 0.4) is 0 Å². The Bertz CT molecular complexity index is 777. The first kappa shape index (κ1) is 17.3. The molecule has 1 saturated carbocycles. The summed E-state index contributed by atoms with van der Waals surface area (Å²) < 4.78 is 2.30. The van der Waals surface area contributed by atoms with Crippen molar-refractivity contribution in [2.75, 3.05) is 13.1 Å². The van der Waals surface area contributed by atoms with Crippen LogP contribution < -0.4 is 0 Å². The third-order valence-electron chi connectivity index (χ3n) is 6.19. The number of amides is 1. The van der Waals surface area contributed by atoms with Crippen molar-refractivity contribution in [2.24, 2.45) is 5.41 Å². The molecular weight excluding hydrogens is 324 g/mol. The molecule has 1 unspecified atom stereocenters. The summed E-state index contributed by atoms with van der Waals surface area (Å²) in [6.07, 6.45) is 12.3. The molecule has 2 aliphatic rings. The van der Waals surface area contributed by atoms with Crippen molar-refractivity contribution in [3.8, 4) is 11.4 Å². The van der Waals surface area contributed by atoms with E-state index in [9.17, 15) is 4.79 Å². The van der Waals surface area contributed by atoms with Gasteiger partial charge in [0.15, 0.2) is 0 Å². The van der Waals surface area contributed by atoms with Crippen LogP contribution in [0.15, 0.2) is 30.7 Å². The lowest BCUT2D eigenvalue weighted by molar-refractivity contribution is -0.142. The molecule has 2 aromatic rings. The van der Waals surface area contributed by atoms with E-state index < -0.39 is 0 Å². The van der Waals surface area contributed by atoms with Gasteiger partial charge in [-0.25, -0.2) is 4.98 Å². The van der Waals surface area contributed by atoms with Crippen molar-refractivity contribution in [1.82, 2.24) is 19.4 Å². The Labute approximate surface area is 155 Å². The Morgan fingerprint density at radius 2 is 2.04 bits per heavy atom. The van der Waals surface area contributed by atoms with Crippen LogP contribution in [-0.2, 0) is 4.79 Å². The van der Waals surface area contributed by atoms with E-state index in [1.54, 1.807) is 6.20 Å². The molecule has 26 heavy (non-hydrogen) atoms. The maximum absolute atomic E-state index is 13.2. The molecule has 0 bridgehead atoms. The van der Waals surface area contributed by atoms with Gasteiger partial charge < -0.3 is 9.47 Å². The lowest BCUT2D eigenvalue weighted by Gasteiger charge is -2.35. The van der Waals surface area contributed by atoms with Gasteiger partial charge in [-0.2, -0.15) is 0 Å². The fraction of sp³-hybridized carbons (Fsp3) is 0.571. The molecule has 0 N–H and O–H groups in total. The second-order valence-electron chi connectivity index (χ2n) is 8.15. The van der Waals surface area contributed by atoms with Crippen LogP contribution in [0.25, 0.3) is 11.4 Å². The van der Waals surface area contributed by atoms with E-state index in [1.165, 1.54) is 19.3 Å². The molecule has 138 valence electrons. The smallest absolute Gasteiger partial charge is 0.228 e. The second-order valence-corrected chi connectivity index (χ2v) is 8.15. The number of nitrogens with zero attached hydrogens (tertiary/aromatic N) is 4. The van der Waals surface area contributed by atoms with Gasteiger partial charge in [-0.15, -0.1) is 0 Å². The Balaban J connectivity index is 1.55. The monoisotopic (exact) mass is 352 g/mol. The third-order valence-corrected chi connectivity index (χ3v) is 6.19. The number of likely N-dealkylation sites (tertiary alicyclic amines) is 1. The molecule has 2 fully saturated rings. The van der Waals surface area contributed by atoms with Crippen LogP contribution in [0.5, 0.6) is 0 Å². The molecular formula is C21H28N4O. The largest absolute Gasteiger partial charge is 0.340 e. The SMILES string of the molecule is Cc1cnc(-c2cccnc2)n1C1CCN(C(=O)C2(C)CCCCC2)C1.